The summed E-state index contributed by atoms with van der Waals surface area (Å²) >= 11 is 0. The van der Waals surface area contributed by atoms with Crippen molar-refractivity contribution in [2.75, 3.05) is 4.90 Å². The number of carboxylic acid groups (broad SMARTS) is 1. The molecule has 2 N–H and O–H groups in total. The van der Waals surface area contributed by atoms with Crippen LogP contribution in [0.2, 0.25) is 0 Å². The predicted octanol–water partition coefficient (Wildman–Crippen LogP) is 3.80. The van der Waals surface area contributed by atoms with Gasteiger partial charge in [-0.05, 0) is 50.6 Å². The average molecular weight is 339 g/mol. The van der Waals surface area contributed by atoms with Crippen LogP contribution in [0.15, 0.2) is 48.5 Å². The fourth-order valence-corrected chi connectivity index (χ4v) is 2.88. The molecule has 2 aromatic carbocycles. The number of benzene rings is 2. The summed E-state index contributed by atoms with van der Waals surface area (Å²) in [7, 11) is 0. The van der Waals surface area contributed by atoms with Crippen LogP contribution in [0.5, 0.6) is 0 Å². The highest BCUT2D eigenvalue weighted by molar-refractivity contribution is 6.00. The number of anilines is 1. The number of hydrogen-bond acceptors (Lipinski definition) is 3. The zero-order chi connectivity index (χ0) is 18.2. The van der Waals surface area contributed by atoms with Crippen LogP contribution >= 0.6 is 0 Å². The molecule has 25 heavy (non-hydrogen) atoms. The maximum absolute atomic E-state index is 12.0. The highest BCUT2D eigenvalue weighted by atomic mass is 16.4. The molecule has 0 aliphatic heterocycles. The Morgan fingerprint density at radius 1 is 1.16 bits per heavy atom. The van der Waals surface area contributed by atoms with E-state index < -0.39 is 11.6 Å². The average Bonchev–Trinajstić information content (AvgIpc) is 2.92. The van der Waals surface area contributed by atoms with Gasteiger partial charge in [-0.25, -0.2) is 9.48 Å². The van der Waals surface area contributed by atoms with E-state index in [-0.39, 0.29) is 6.61 Å². The number of rotatable bonds is 3. The molecule has 0 aliphatic rings. The van der Waals surface area contributed by atoms with Crippen LogP contribution in [0.25, 0.3) is 16.6 Å². The van der Waals surface area contributed by atoms with Crippen molar-refractivity contribution in [3.63, 3.8) is 0 Å². The number of aromatic nitrogens is 2. The van der Waals surface area contributed by atoms with E-state index in [0.717, 1.165) is 16.6 Å². The van der Waals surface area contributed by atoms with Gasteiger partial charge in [-0.3, -0.25) is 4.90 Å². The van der Waals surface area contributed by atoms with Gasteiger partial charge >= 0.3 is 6.09 Å². The molecule has 1 heterocycles. The first-order valence-corrected chi connectivity index (χ1v) is 8.04. The third kappa shape index (κ3) is 3.08. The molecule has 1 amide bonds. The molecular weight excluding hydrogens is 318 g/mol. The van der Waals surface area contributed by atoms with E-state index in [0.29, 0.717) is 11.3 Å². The van der Waals surface area contributed by atoms with Gasteiger partial charge in [0.1, 0.15) is 5.82 Å². The van der Waals surface area contributed by atoms with Crippen LogP contribution < -0.4 is 4.90 Å². The van der Waals surface area contributed by atoms with Crippen molar-refractivity contribution in [1.29, 1.82) is 0 Å². The van der Waals surface area contributed by atoms with Crippen molar-refractivity contribution in [3.05, 3.63) is 54.1 Å². The number of aliphatic hydroxyl groups excluding tert-OH is 1. The molecule has 0 bridgehead atoms. The highest BCUT2D eigenvalue weighted by Crippen LogP contribution is 2.34. The van der Waals surface area contributed by atoms with Gasteiger partial charge in [-0.1, -0.05) is 24.3 Å². The van der Waals surface area contributed by atoms with Gasteiger partial charge < -0.3 is 10.2 Å². The van der Waals surface area contributed by atoms with Crippen LogP contribution in [0.1, 0.15) is 26.3 Å². The Balaban J connectivity index is 2.36. The van der Waals surface area contributed by atoms with Gasteiger partial charge in [-0.2, -0.15) is 5.10 Å². The van der Waals surface area contributed by atoms with E-state index in [2.05, 4.69) is 5.10 Å². The van der Waals surface area contributed by atoms with Crippen molar-refractivity contribution >= 4 is 22.8 Å². The van der Waals surface area contributed by atoms with Crippen molar-refractivity contribution in [2.45, 2.75) is 32.9 Å². The van der Waals surface area contributed by atoms with Gasteiger partial charge in [0, 0.05) is 10.9 Å². The summed E-state index contributed by atoms with van der Waals surface area (Å²) in [6, 6.07) is 14.8. The molecule has 130 valence electrons. The van der Waals surface area contributed by atoms with Crippen molar-refractivity contribution < 1.29 is 15.0 Å². The van der Waals surface area contributed by atoms with E-state index in [1.54, 1.807) is 16.8 Å². The Morgan fingerprint density at radius 2 is 1.84 bits per heavy atom. The van der Waals surface area contributed by atoms with Crippen LogP contribution in [0.4, 0.5) is 10.6 Å². The molecular formula is C19H21N3O3. The normalized spacial score (nSPS) is 11.7. The maximum Gasteiger partial charge on any atom is 0.413 e. The summed E-state index contributed by atoms with van der Waals surface area (Å²) in [5.41, 5.74) is 1.49. The lowest BCUT2D eigenvalue weighted by molar-refractivity contribution is 0.195. The van der Waals surface area contributed by atoms with Gasteiger partial charge in [0.2, 0.25) is 0 Å². The van der Waals surface area contributed by atoms with Gasteiger partial charge in [0.05, 0.1) is 17.8 Å². The third-order valence-corrected chi connectivity index (χ3v) is 3.97. The second kappa shape index (κ2) is 6.22. The number of aliphatic hydroxyl groups is 1. The number of carbonyl (C=O) groups is 1. The number of amides is 1. The minimum Gasteiger partial charge on any atom is -0.465 e. The third-order valence-electron chi connectivity index (χ3n) is 3.97. The molecule has 6 nitrogen and oxygen atoms in total. The zero-order valence-corrected chi connectivity index (χ0v) is 14.5. The molecule has 0 spiro atoms. The smallest absolute Gasteiger partial charge is 0.413 e. The maximum atomic E-state index is 12.0. The summed E-state index contributed by atoms with van der Waals surface area (Å²) in [6.07, 6.45) is -1.04. The molecule has 0 aliphatic carbocycles. The van der Waals surface area contributed by atoms with Gasteiger partial charge in [0.25, 0.3) is 0 Å². The minimum atomic E-state index is -1.04. The first-order chi connectivity index (χ1) is 11.8. The Morgan fingerprint density at radius 3 is 2.40 bits per heavy atom. The van der Waals surface area contributed by atoms with Crippen molar-refractivity contribution in [3.8, 4) is 5.69 Å². The summed E-state index contributed by atoms with van der Waals surface area (Å²) < 4.78 is 1.64. The van der Waals surface area contributed by atoms with Gasteiger partial charge in [-0.15, -0.1) is 0 Å². The second-order valence-electron chi connectivity index (χ2n) is 6.87. The molecule has 0 fully saturated rings. The fraction of sp³-hybridized carbons (Fsp3) is 0.263. The van der Waals surface area contributed by atoms with Crippen LogP contribution in [-0.2, 0) is 6.61 Å². The molecule has 0 saturated heterocycles. The number of fused-ring (bicyclic) bond motifs is 1. The molecule has 0 radical (unpaired) electrons. The molecule has 0 saturated carbocycles. The van der Waals surface area contributed by atoms with Crippen LogP contribution in [0.3, 0.4) is 0 Å². The lowest BCUT2D eigenvalue weighted by Gasteiger charge is -2.33. The summed E-state index contributed by atoms with van der Waals surface area (Å²) in [5.74, 6) is 0.491. The highest BCUT2D eigenvalue weighted by Gasteiger charge is 2.33. The first kappa shape index (κ1) is 17.0. The van der Waals surface area contributed by atoms with Crippen molar-refractivity contribution in [2.24, 2.45) is 0 Å². The quantitative estimate of drug-likeness (QED) is 0.761. The van der Waals surface area contributed by atoms with E-state index in [1.165, 1.54) is 4.90 Å². The molecule has 3 rings (SSSR count). The Kier molecular flexibility index (Phi) is 4.22. The summed E-state index contributed by atoms with van der Waals surface area (Å²) in [6.45, 7) is 5.44. The summed E-state index contributed by atoms with van der Waals surface area (Å²) in [5, 5.41) is 24.6. The van der Waals surface area contributed by atoms with Gasteiger partial charge in [0.15, 0.2) is 0 Å². The predicted molar refractivity (Wildman–Crippen MR) is 97.2 cm³/mol. The number of para-hydroxylation sites is 1. The number of nitrogens with zero attached hydrogens (tertiary/aromatic N) is 3. The lowest BCUT2D eigenvalue weighted by atomic mass is 10.1. The topological polar surface area (TPSA) is 78.6 Å². The SMILES string of the molecule is CC(C)(C)N(C(=O)O)c1c2ccc(CO)cc2nn1-c1ccccc1. The van der Waals surface area contributed by atoms with Crippen molar-refractivity contribution in [1.82, 2.24) is 9.78 Å². The second-order valence-corrected chi connectivity index (χ2v) is 6.87. The standard InChI is InChI=1S/C19H21N3O3/c1-19(2,3)21(18(24)25)17-15-10-9-13(12-23)11-16(15)20-22(17)14-7-5-4-6-8-14/h4-11,23H,12H2,1-3H3,(H,24,25). The lowest BCUT2D eigenvalue weighted by Crippen LogP contribution is -2.46. The monoisotopic (exact) mass is 339 g/mol. The minimum absolute atomic E-state index is 0.0919. The molecule has 0 atom stereocenters. The molecule has 3 aromatic rings. The fourth-order valence-electron chi connectivity index (χ4n) is 2.88. The van der Waals surface area contributed by atoms with E-state index >= 15 is 0 Å². The van der Waals surface area contributed by atoms with E-state index in [4.69, 9.17) is 0 Å². The Labute approximate surface area is 145 Å². The molecule has 6 heteroatoms. The summed E-state index contributed by atoms with van der Waals surface area (Å²) in [4.78, 5) is 13.4. The molecule has 1 aromatic heterocycles. The first-order valence-electron chi connectivity index (χ1n) is 8.04. The van der Waals surface area contributed by atoms with E-state index in [1.807, 2.05) is 57.2 Å². The van der Waals surface area contributed by atoms with Crippen LogP contribution in [0, 0.1) is 0 Å². The Bertz CT molecular complexity index is 911. The number of hydrogen-bond donors (Lipinski definition) is 2. The Hall–Kier alpha value is -2.86. The zero-order valence-electron chi connectivity index (χ0n) is 14.5. The van der Waals surface area contributed by atoms with E-state index in [9.17, 15) is 15.0 Å². The molecule has 0 unspecified atom stereocenters. The largest absolute Gasteiger partial charge is 0.465 e. The van der Waals surface area contributed by atoms with Crippen LogP contribution in [-0.4, -0.2) is 31.6 Å².